The molecule has 2 saturated heterocycles. The van der Waals surface area contributed by atoms with Crippen LogP contribution in [0.2, 0.25) is 5.02 Å². The molecule has 37 heavy (non-hydrogen) atoms. The van der Waals surface area contributed by atoms with Crippen molar-refractivity contribution < 1.29 is 24.4 Å². The Morgan fingerprint density at radius 1 is 1.00 bits per heavy atom. The molecule has 4 heterocycles. The highest BCUT2D eigenvalue weighted by molar-refractivity contribution is 6.33. The van der Waals surface area contributed by atoms with Gasteiger partial charge in [0, 0.05) is 5.56 Å². The number of hydrogen-bond donors (Lipinski definition) is 3. The van der Waals surface area contributed by atoms with E-state index in [2.05, 4.69) is 15.0 Å². The lowest BCUT2D eigenvalue weighted by Gasteiger charge is -2.22. The third-order valence-corrected chi connectivity index (χ3v) is 7.62. The molecule has 2 aromatic heterocycles. The highest BCUT2D eigenvalue weighted by Crippen LogP contribution is 2.33. The molecule has 2 fully saturated rings. The summed E-state index contributed by atoms with van der Waals surface area (Å²) >= 11 is 6.59. The topological polar surface area (TPSA) is 110 Å². The Morgan fingerprint density at radius 2 is 1.65 bits per heavy atom. The highest BCUT2D eigenvalue weighted by atomic mass is 35.5. The van der Waals surface area contributed by atoms with Gasteiger partial charge in [-0.25, -0.2) is 4.98 Å². The number of rotatable bonds is 6. The van der Waals surface area contributed by atoms with E-state index < -0.39 is 11.7 Å². The molecule has 2 aliphatic heterocycles. The molecular formula is C28H28ClN3O5. The van der Waals surface area contributed by atoms with Gasteiger partial charge in [-0.1, -0.05) is 67.1 Å². The number of aliphatic hydroxyl groups excluding tert-OH is 1. The van der Waals surface area contributed by atoms with E-state index in [0.29, 0.717) is 40.9 Å². The summed E-state index contributed by atoms with van der Waals surface area (Å²) in [5, 5.41) is 20.9. The quantitative estimate of drug-likeness (QED) is 0.343. The van der Waals surface area contributed by atoms with Crippen molar-refractivity contribution in [3.63, 3.8) is 0 Å². The van der Waals surface area contributed by atoms with E-state index in [9.17, 15) is 10.2 Å². The second kappa shape index (κ2) is 9.38. The molecule has 0 amide bonds. The number of imidazole rings is 1. The first kappa shape index (κ1) is 24.3. The predicted molar refractivity (Wildman–Crippen MR) is 140 cm³/mol. The largest absolute Gasteiger partial charge is 0.456 e. The van der Waals surface area contributed by atoms with E-state index in [1.165, 1.54) is 0 Å². The van der Waals surface area contributed by atoms with E-state index in [1.54, 1.807) is 6.07 Å². The van der Waals surface area contributed by atoms with Crippen LogP contribution in [0.25, 0.3) is 33.5 Å². The van der Waals surface area contributed by atoms with Crippen molar-refractivity contribution in [2.24, 2.45) is 0 Å². The number of pyridine rings is 1. The number of fused-ring (bicyclic) bond motifs is 2. The van der Waals surface area contributed by atoms with Crippen LogP contribution in [0.1, 0.15) is 25.8 Å². The fourth-order valence-electron chi connectivity index (χ4n) is 4.89. The second-order valence-electron chi connectivity index (χ2n) is 9.83. The highest BCUT2D eigenvalue weighted by Gasteiger charge is 2.48. The summed E-state index contributed by atoms with van der Waals surface area (Å²) in [5.74, 6) is 0. The van der Waals surface area contributed by atoms with E-state index in [-0.39, 0.29) is 24.9 Å². The van der Waals surface area contributed by atoms with Crippen LogP contribution < -0.4 is 4.74 Å². The van der Waals surface area contributed by atoms with Crippen LogP contribution in [-0.4, -0.2) is 62.8 Å². The Labute approximate surface area is 219 Å². The van der Waals surface area contributed by atoms with Gasteiger partial charge >= 0.3 is 0 Å². The molecule has 0 bridgehead atoms. The number of aliphatic hydroxyl groups is 2. The van der Waals surface area contributed by atoms with Gasteiger partial charge in [0.15, 0.2) is 11.8 Å². The first-order chi connectivity index (χ1) is 17.8. The summed E-state index contributed by atoms with van der Waals surface area (Å²) in [6, 6.07) is 18.1. The Balaban J connectivity index is 1.22. The molecule has 192 valence electrons. The van der Waals surface area contributed by atoms with Crippen LogP contribution in [-0.2, 0) is 15.1 Å². The van der Waals surface area contributed by atoms with Crippen molar-refractivity contribution in [2.75, 3.05) is 13.2 Å². The van der Waals surface area contributed by atoms with Crippen molar-refractivity contribution in [3.8, 4) is 28.4 Å². The summed E-state index contributed by atoms with van der Waals surface area (Å²) < 4.78 is 17.2. The van der Waals surface area contributed by atoms with Crippen LogP contribution in [0.15, 0.2) is 54.6 Å². The fraction of sp³-hybridized carbons (Fsp3) is 0.357. The number of aromatic amines is 1. The molecule has 2 aromatic carbocycles. The average molecular weight is 522 g/mol. The first-order valence-electron chi connectivity index (χ1n) is 12.4. The van der Waals surface area contributed by atoms with Gasteiger partial charge in [-0.3, -0.25) is 0 Å². The zero-order chi connectivity index (χ0) is 25.7. The average Bonchev–Trinajstić information content (AvgIpc) is 3.60. The number of aromatic nitrogens is 3. The minimum Gasteiger partial charge on any atom is -0.456 e. The zero-order valence-electron chi connectivity index (χ0n) is 20.5. The summed E-state index contributed by atoms with van der Waals surface area (Å²) in [6.07, 6.45) is -1.06. The molecule has 4 aromatic rings. The summed E-state index contributed by atoms with van der Waals surface area (Å²) in [5.41, 5.74) is 4.81. The second-order valence-corrected chi connectivity index (χ2v) is 10.2. The molecule has 5 atom stereocenters. The van der Waals surface area contributed by atoms with E-state index in [1.807, 2.05) is 62.4 Å². The standard InChI is InChI=1S/C28H28ClN3O5/c1-3-28(2,34)18-10-8-16(9-11-18)15-4-6-17(7-5-15)23-19(29)12-20-26(31-23)32-27(30-20)37-22-14-36-24-21(33)13-35-25(22)24/h4-12,21-22,24-25,33-34H,3,13-14H2,1-2H3,(H,30,31,32). The van der Waals surface area contributed by atoms with Gasteiger partial charge < -0.3 is 29.4 Å². The molecule has 3 N–H and O–H groups in total. The number of nitrogens with one attached hydrogen (secondary N) is 1. The molecule has 8 nitrogen and oxygen atoms in total. The molecule has 6 rings (SSSR count). The van der Waals surface area contributed by atoms with Gasteiger partial charge in [0.05, 0.1) is 35.0 Å². The number of nitrogens with zero attached hydrogens (tertiary/aromatic N) is 2. The Morgan fingerprint density at radius 3 is 2.35 bits per heavy atom. The summed E-state index contributed by atoms with van der Waals surface area (Å²) in [7, 11) is 0. The number of hydrogen-bond acceptors (Lipinski definition) is 7. The Bertz CT molecular complexity index is 1420. The lowest BCUT2D eigenvalue weighted by molar-refractivity contribution is 0.00706. The Kier molecular flexibility index (Phi) is 6.17. The molecule has 0 spiro atoms. The normalized spacial score (nSPS) is 24.8. The van der Waals surface area contributed by atoms with Gasteiger partial charge in [0.2, 0.25) is 0 Å². The third kappa shape index (κ3) is 4.49. The number of H-pyrrole nitrogens is 1. The Hall–Kier alpha value is -3.01. The lowest BCUT2D eigenvalue weighted by atomic mass is 9.91. The van der Waals surface area contributed by atoms with Crippen LogP contribution in [0, 0.1) is 0 Å². The van der Waals surface area contributed by atoms with Gasteiger partial charge in [-0.15, -0.1) is 0 Å². The molecule has 5 unspecified atom stereocenters. The van der Waals surface area contributed by atoms with Crippen molar-refractivity contribution in [1.82, 2.24) is 15.0 Å². The van der Waals surface area contributed by atoms with Crippen LogP contribution in [0.4, 0.5) is 0 Å². The van der Waals surface area contributed by atoms with Crippen LogP contribution >= 0.6 is 11.6 Å². The number of halogens is 1. The van der Waals surface area contributed by atoms with Crippen molar-refractivity contribution in [2.45, 2.75) is 50.3 Å². The van der Waals surface area contributed by atoms with Gasteiger partial charge in [-0.2, -0.15) is 4.98 Å². The summed E-state index contributed by atoms with van der Waals surface area (Å²) in [6.45, 7) is 4.35. The van der Waals surface area contributed by atoms with Gasteiger partial charge in [-0.05, 0) is 36.1 Å². The predicted octanol–water partition coefficient (Wildman–Crippen LogP) is 4.47. The number of benzene rings is 2. The van der Waals surface area contributed by atoms with E-state index in [0.717, 1.165) is 22.3 Å². The monoisotopic (exact) mass is 521 g/mol. The van der Waals surface area contributed by atoms with E-state index >= 15 is 0 Å². The molecular weight excluding hydrogens is 494 g/mol. The lowest BCUT2D eigenvalue weighted by Crippen LogP contribution is -2.34. The molecule has 0 radical (unpaired) electrons. The smallest absolute Gasteiger partial charge is 0.296 e. The van der Waals surface area contributed by atoms with Crippen molar-refractivity contribution >= 4 is 22.8 Å². The van der Waals surface area contributed by atoms with Gasteiger partial charge in [0.1, 0.15) is 18.3 Å². The zero-order valence-corrected chi connectivity index (χ0v) is 21.3. The maximum absolute atomic E-state index is 10.5. The fourth-order valence-corrected chi connectivity index (χ4v) is 5.15. The third-order valence-electron chi connectivity index (χ3n) is 7.34. The molecule has 9 heteroatoms. The van der Waals surface area contributed by atoms with E-state index in [4.69, 9.17) is 25.8 Å². The first-order valence-corrected chi connectivity index (χ1v) is 12.8. The number of ether oxygens (including phenoxy) is 3. The molecule has 0 saturated carbocycles. The molecule has 0 aliphatic carbocycles. The van der Waals surface area contributed by atoms with Crippen molar-refractivity contribution in [1.29, 1.82) is 0 Å². The maximum Gasteiger partial charge on any atom is 0.296 e. The van der Waals surface area contributed by atoms with Crippen LogP contribution in [0.3, 0.4) is 0 Å². The van der Waals surface area contributed by atoms with Crippen molar-refractivity contribution in [3.05, 3.63) is 65.2 Å². The maximum atomic E-state index is 10.5. The minimum absolute atomic E-state index is 0.237. The molecule has 2 aliphatic rings. The van der Waals surface area contributed by atoms with Gasteiger partial charge in [0.25, 0.3) is 6.01 Å². The summed E-state index contributed by atoms with van der Waals surface area (Å²) in [4.78, 5) is 12.3. The van der Waals surface area contributed by atoms with Crippen LogP contribution in [0.5, 0.6) is 6.01 Å². The SMILES string of the molecule is CCC(C)(O)c1ccc(-c2ccc(-c3nc4nc(OC5COC6C(O)COC56)[nH]c4cc3Cl)cc2)cc1. The minimum atomic E-state index is -0.833.